The molecule has 0 radical (unpaired) electrons. The number of nitrogens with two attached hydrogens (primary N) is 2. The Balaban J connectivity index is 1.16. The fourth-order valence-corrected chi connectivity index (χ4v) is 7.62. The number of para-hydroxylation sites is 1. The molecule has 0 bridgehead atoms. The minimum Gasteiger partial charge on any atom is -0.494 e. The maximum absolute atomic E-state index is 11.2. The minimum atomic E-state index is -0.385. The number of nitrogens with one attached hydrogen (secondary N) is 1. The van der Waals surface area contributed by atoms with Crippen LogP contribution in [-0.4, -0.2) is 42.9 Å². The predicted molar refractivity (Wildman–Crippen MR) is 261 cm³/mol. The van der Waals surface area contributed by atoms with Gasteiger partial charge in [0.25, 0.3) is 0 Å². The lowest BCUT2D eigenvalue weighted by atomic mass is 9.97. The number of aryl methyl sites for hydroxylation is 1. The largest absolute Gasteiger partial charge is 0.494 e. The molecule has 332 valence electrons. The van der Waals surface area contributed by atoms with E-state index in [9.17, 15) is 9.59 Å². The summed E-state index contributed by atoms with van der Waals surface area (Å²) in [6.45, 7) is 11.9. The van der Waals surface area contributed by atoms with E-state index in [-0.39, 0.29) is 11.9 Å². The molecule has 0 amide bonds. The van der Waals surface area contributed by atoms with Crippen LogP contribution < -0.4 is 26.3 Å². The van der Waals surface area contributed by atoms with E-state index in [0.717, 1.165) is 108 Å². The lowest BCUT2D eigenvalue weighted by Gasteiger charge is -2.16. The highest BCUT2D eigenvalue weighted by molar-refractivity contribution is 6.09. The van der Waals surface area contributed by atoms with Gasteiger partial charge in [0.05, 0.1) is 32.1 Å². The fourth-order valence-electron chi connectivity index (χ4n) is 7.62. The summed E-state index contributed by atoms with van der Waals surface area (Å²) >= 11 is 0. The Morgan fingerprint density at radius 1 is 0.625 bits per heavy atom. The number of carbonyl (C=O) groups excluding carboxylic acids is 2. The third-order valence-electron chi connectivity index (χ3n) is 11.0. The van der Waals surface area contributed by atoms with Gasteiger partial charge in [-0.15, -0.1) is 0 Å². The first-order valence-electron chi connectivity index (χ1n) is 22.2. The van der Waals surface area contributed by atoms with Crippen LogP contribution in [0.4, 0.5) is 5.69 Å². The molecular formula is C54H60N4O6. The van der Waals surface area contributed by atoms with Gasteiger partial charge in [-0.05, 0) is 135 Å². The lowest BCUT2D eigenvalue weighted by Crippen LogP contribution is -2.05. The number of nitrogens with zero attached hydrogens (tertiary/aromatic N) is 1. The highest BCUT2D eigenvalue weighted by Gasteiger charge is 2.13. The molecule has 0 spiro atoms. The number of aromatic nitrogens is 1. The van der Waals surface area contributed by atoms with Gasteiger partial charge < -0.3 is 40.3 Å². The summed E-state index contributed by atoms with van der Waals surface area (Å²) in [6.07, 6.45) is 13.1. The first-order valence-corrected chi connectivity index (χ1v) is 22.2. The normalized spacial score (nSPS) is 11.6. The number of anilines is 1. The van der Waals surface area contributed by atoms with E-state index in [4.69, 9.17) is 30.4 Å². The molecule has 5 N–H and O–H groups in total. The van der Waals surface area contributed by atoms with Crippen molar-refractivity contribution in [3.05, 3.63) is 158 Å². The maximum Gasteiger partial charge on any atom is 0.330 e. The second kappa shape index (κ2) is 23.9. The van der Waals surface area contributed by atoms with E-state index in [1.165, 1.54) is 28.6 Å². The molecule has 10 heteroatoms. The van der Waals surface area contributed by atoms with Crippen LogP contribution in [0.15, 0.2) is 152 Å². The summed E-state index contributed by atoms with van der Waals surface area (Å²) < 4.78 is 24.5. The van der Waals surface area contributed by atoms with E-state index in [2.05, 4.69) is 115 Å². The second-order valence-electron chi connectivity index (χ2n) is 15.4. The van der Waals surface area contributed by atoms with Crippen molar-refractivity contribution in [2.75, 3.05) is 31.7 Å². The zero-order valence-electron chi connectivity index (χ0n) is 36.9. The highest BCUT2D eigenvalue weighted by atomic mass is 16.5. The smallest absolute Gasteiger partial charge is 0.330 e. The number of hydrogen-bond acceptors (Lipinski definition) is 9. The van der Waals surface area contributed by atoms with Crippen molar-refractivity contribution >= 4 is 45.1 Å². The average molecular weight is 861 g/mol. The number of esters is 2. The molecule has 0 unspecified atom stereocenters. The molecule has 0 atom stereocenters. The number of allylic oxidation sites excluding steroid dienone is 1. The van der Waals surface area contributed by atoms with Gasteiger partial charge in [0.15, 0.2) is 0 Å². The molecule has 0 aliphatic carbocycles. The van der Waals surface area contributed by atoms with E-state index in [0.29, 0.717) is 37.8 Å². The quantitative estimate of drug-likeness (QED) is 0.0222. The van der Waals surface area contributed by atoms with Crippen molar-refractivity contribution in [1.29, 1.82) is 0 Å². The Bertz CT molecular complexity index is 2570. The molecule has 0 saturated carbocycles. The number of hydrogen-bond donors (Lipinski definition) is 3. The number of carbonyl (C=O) groups is 2. The predicted octanol–water partition coefficient (Wildman–Crippen LogP) is 11.7. The van der Waals surface area contributed by atoms with E-state index in [1.807, 2.05) is 30.3 Å². The molecule has 0 saturated heterocycles. The van der Waals surface area contributed by atoms with Gasteiger partial charge in [0.2, 0.25) is 0 Å². The van der Waals surface area contributed by atoms with E-state index >= 15 is 0 Å². The van der Waals surface area contributed by atoms with Crippen molar-refractivity contribution < 1.29 is 28.5 Å². The van der Waals surface area contributed by atoms with Crippen LogP contribution in [0.25, 0.3) is 49.8 Å². The van der Waals surface area contributed by atoms with Crippen LogP contribution in [0.5, 0.6) is 11.5 Å². The zero-order chi connectivity index (χ0) is 45.1. The van der Waals surface area contributed by atoms with Gasteiger partial charge in [-0.25, -0.2) is 9.59 Å². The standard InChI is InChI=1S/C54H60N4O6/c1-4-53(59)63-33-15-9-7-13-31-61-44-25-19-39(20-26-44)41-23-29-46(40-21-27-45(28-22-40)62-32-14-8-10-16-34-64-54(60)5-2)50(36-41)57-43(38-55)37-49(56)42-24-30-52-48(35-42)47-17-11-12-18-51(47)58(52)6-3/h4-5,11-12,17-30,35-38,57H,1-2,6-10,13-16,31-34,55-56H2,3H3/b43-38+,49-37-. The van der Waals surface area contributed by atoms with Gasteiger partial charge in [-0.1, -0.05) is 73.8 Å². The number of rotatable bonds is 25. The molecule has 6 aromatic rings. The maximum atomic E-state index is 11.2. The zero-order valence-corrected chi connectivity index (χ0v) is 36.9. The third-order valence-corrected chi connectivity index (χ3v) is 11.0. The average Bonchev–Trinajstić information content (AvgIpc) is 3.66. The minimum absolute atomic E-state index is 0.383. The van der Waals surface area contributed by atoms with Gasteiger partial charge in [0, 0.05) is 63.7 Å². The Labute approximate surface area is 376 Å². The SMILES string of the molecule is C=CC(=O)OCCCCCCOc1ccc(-c2ccc(-c3ccc(OCCCCCCOC(=O)C=C)cc3)c(NC(/C=C(\N)c3ccc4c(c3)c3ccccc3n4CC)=C/N)c2)cc1. The summed E-state index contributed by atoms with van der Waals surface area (Å²) in [5.74, 6) is 0.829. The van der Waals surface area contributed by atoms with Gasteiger partial charge >= 0.3 is 11.9 Å². The van der Waals surface area contributed by atoms with Crippen LogP contribution in [0.3, 0.4) is 0 Å². The van der Waals surface area contributed by atoms with Crippen molar-refractivity contribution in [2.45, 2.75) is 64.8 Å². The van der Waals surface area contributed by atoms with Crippen molar-refractivity contribution in [2.24, 2.45) is 11.5 Å². The molecule has 10 nitrogen and oxygen atoms in total. The molecule has 0 fully saturated rings. The number of fused-ring (bicyclic) bond motifs is 3. The summed E-state index contributed by atoms with van der Waals surface area (Å²) in [6, 6.07) is 37.4. The number of ether oxygens (including phenoxy) is 4. The van der Waals surface area contributed by atoms with Crippen LogP contribution in [0, 0.1) is 0 Å². The van der Waals surface area contributed by atoms with Crippen LogP contribution >= 0.6 is 0 Å². The Morgan fingerprint density at radius 2 is 1.17 bits per heavy atom. The van der Waals surface area contributed by atoms with Crippen LogP contribution in [0.2, 0.25) is 0 Å². The monoisotopic (exact) mass is 860 g/mol. The number of benzene rings is 5. The molecule has 64 heavy (non-hydrogen) atoms. The third kappa shape index (κ3) is 12.7. The topological polar surface area (TPSA) is 140 Å². The molecule has 1 aromatic heterocycles. The first-order chi connectivity index (χ1) is 31.3. The summed E-state index contributed by atoms with van der Waals surface area (Å²) in [7, 11) is 0. The van der Waals surface area contributed by atoms with Gasteiger partial charge in [-0.3, -0.25) is 0 Å². The molecule has 5 aromatic carbocycles. The second-order valence-corrected chi connectivity index (χ2v) is 15.4. The molecule has 1 heterocycles. The van der Waals surface area contributed by atoms with E-state index in [1.54, 1.807) is 6.20 Å². The summed E-state index contributed by atoms with van der Waals surface area (Å²) in [5, 5.41) is 5.95. The van der Waals surface area contributed by atoms with Crippen LogP contribution in [-0.2, 0) is 25.6 Å². The Hall–Kier alpha value is -7.20. The molecule has 6 rings (SSSR count). The van der Waals surface area contributed by atoms with Crippen molar-refractivity contribution in [3.63, 3.8) is 0 Å². The summed E-state index contributed by atoms with van der Waals surface area (Å²) in [5.41, 5.74) is 22.5. The fraction of sp³-hybridized carbons (Fsp3) is 0.259. The van der Waals surface area contributed by atoms with Crippen LogP contribution in [0.1, 0.15) is 63.9 Å². The van der Waals surface area contributed by atoms with Crippen molar-refractivity contribution in [3.8, 4) is 33.8 Å². The highest BCUT2D eigenvalue weighted by Crippen LogP contribution is 2.36. The Morgan fingerprint density at radius 3 is 1.75 bits per heavy atom. The molecular weight excluding hydrogens is 801 g/mol. The van der Waals surface area contributed by atoms with E-state index < -0.39 is 0 Å². The van der Waals surface area contributed by atoms with Gasteiger partial charge in [-0.2, -0.15) is 0 Å². The van der Waals surface area contributed by atoms with Gasteiger partial charge in [0.1, 0.15) is 11.5 Å². The van der Waals surface area contributed by atoms with Crippen molar-refractivity contribution in [1.82, 2.24) is 4.57 Å². The number of unbranched alkanes of at least 4 members (excludes halogenated alkanes) is 6. The Kier molecular flexibility index (Phi) is 17.3. The molecule has 0 aliphatic heterocycles. The lowest BCUT2D eigenvalue weighted by molar-refractivity contribution is -0.138. The summed E-state index contributed by atoms with van der Waals surface area (Å²) in [4.78, 5) is 22.4. The molecule has 0 aliphatic rings. The first kappa shape index (κ1) is 46.3.